The number of carbonyl (C=O) groups excluding carboxylic acids is 3. The lowest BCUT2D eigenvalue weighted by Crippen LogP contribution is -2.60. The summed E-state index contributed by atoms with van der Waals surface area (Å²) in [5, 5.41) is 3.71. The van der Waals surface area contributed by atoms with Crippen LogP contribution < -0.4 is 5.32 Å². The van der Waals surface area contributed by atoms with Crippen molar-refractivity contribution in [2.45, 2.75) is 237 Å². The van der Waals surface area contributed by atoms with Crippen molar-refractivity contribution in [3.8, 4) is 0 Å². The van der Waals surface area contributed by atoms with Gasteiger partial charge in [0.05, 0.1) is 0 Å². The van der Waals surface area contributed by atoms with Crippen LogP contribution >= 0.6 is 0 Å². The Morgan fingerprint density at radius 3 is 1.38 bits per heavy atom. The van der Waals surface area contributed by atoms with E-state index in [1.54, 1.807) is 6.42 Å². The van der Waals surface area contributed by atoms with E-state index in [1.165, 1.54) is 110 Å². The summed E-state index contributed by atoms with van der Waals surface area (Å²) in [6.45, 7) is 28.1. The Balaban J connectivity index is 0.000000225. The van der Waals surface area contributed by atoms with Crippen molar-refractivity contribution < 1.29 is 19.1 Å². The highest BCUT2D eigenvalue weighted by Gasteiger charge is 2.84. The Kier molecular flexibility index (Phi) is 16.2. The molecule has 71 heavy (non-hydrogen) atoms. The molecule has 410 valence electrons. The van der Waals surface area contributed by atoms with E-state index >= 15 is 0 Å². The van der Waals surface area contributed by atoms with Crippen molar-refractivity contribution in [1.29, 1.82) is 0 Å². The van der Waals surface area contributed by atoms with Crippen LogP contribution in [0.3, 0.4) is 0 Å². The molecule has 0 radical (unpaired) electrons. The largest absolute Gasteiger partial charge is 0.377 e. The quantitative estimate of drug-likeness (QED) is 0.221. The normalized spacial score (nSPS) is 47.3. The summed E-state index contributed by atoms with van der Waals surface area (Å²) < 4.78 is 4.95. The number of ketones is 1. The van der Waals surface area contributed by atoms with Gasteiger partial charge in [0.25, 0.3) is 0 Å². The van der Waals surface area contributed by atoms with Crippen molar-refractivity contribution >= 4 is 18.5 Å². The van der Waals surface area contributed by atoms with E-state index in [0.29, 0.717) is 79.2 Å². The Morgan fingerprint density at radius 2 is 0.958 bits per heavy atom. The number of methoxy groups -OCH3 is 1. The van der Waals surface area contributed by atoms with Gasteiger partial charge in [0.15, 0.2) is 5.78 Å². The zero-order valence-electron chi connectivity index (χ0n) is 47.8. The van der Waals surface area contributed by atoms with E-state index in [2.05, 4.69) is 120 Å². The molecular weight excluding hydrogens is 877 g/mol. The predicted octanol–water partition coefficient (Wildman–Crippen LogP) is 13.2. The van der Waals surface area contributed by atoms with Crippen molar-refractivity contribution in [2.24, 2.45) is 89.7 Å². The number of rotatable bonds is 11. The zero-order valence-corrected chi connectivity index (χ0v) is 47.8. The Hall–Kier alpha value is -1.35. The lowest BCUT2D eigenvalue weighted by atomic mass is 9.41. The maximum atomic E-state index is 13.2. The van der Waals surface area contributed by atoms with Crippen molar-refractivity contribution in [3.63, 3.8) is 0 Å². The van der Waals surface area contributed by atoms with E-state index in [-0.39, 0.29) is 51.0 Å². The van der Waals surface area contributed by atoms with Crippen LogP contribution in [0, 0.1) is 89.7 Å². The standard InChI is InChI=1S/C33H56N2O3.C27H48N2.CH2O.2CH4/c1-22(34(6)7)24-14-16-31(5)26-12-11-25-29(2,3)27(35(8)28(37)13-10-23(36)20-38-9)15-17-32(25)21-33(26,32)19-18-30(24,31)4;1-18(29(7)8)19-11-13-25(5)21-10-9-20-23(2,3)22(28-6)12-14-26(20)17-27(21,26)16-15-24(19,25)4;1-2;;/h22,24-27H,10-21H2,1-9H3;18-22,28H,9-17H2,1-8H3;1H2;2*1H4/t22-,24+,25-,26-,27?,30+,31-,32+,33-;18-,19+,20-,21-,22-,24+,25-,26+,27-;;;/m00.../s1. The van der Waals surface area contributed by atoms with Gasteiger partial charge in [-0.3, -0.25) is 9.59 Å². The molecule has 8 heteroatoms. The molecule has 0 bridgehead atoms. The number of hydrogen-bond acceptors (Lipinski definition) is 7. The number of carbonyl (C=O) groups is 3. The lowest BCUT2D eigenvalue weighted by molar-refractivity contribution is -0.160. The molecule has 0 aliphatic heterocycles. The lowest BCUT2D eigenvalue weighted by Gasteiger charge is -2.64. The van der Waals surface area contributed by atoms with Gasteiger partial charge in [0, 0.05) is 51.2 Å². The molecule has 10 aliphatic rings. The van der Waals surface area contributed by atoms with Gasteiger partial charge in [0.1, 0.15) is 13.4 Å². The van der Waals surface area contributed by atoms with Gasteiger partial charge < -0.3 is 29.5 Å². The van der Waals surface area contributed by atoms with Gasteiger partial charge in [-0.2, -0.15) is 0 Å². The number of hydrogen-bond donors (Lipinski definition) is 1. The average molecular weight is 992 g/mol. The fourth-order valence-corrected chi connectivity index (χ4v) is 23.1. The van der Waals surface area contributed by atoms with Crippen LogP contribution in [0.25, 0.3) is 0 Å². The second-order valence-electron chi connectivity index (χ2n) is 29.3. The van der Waals surface area contributed by atoms with Gasteiger partial charge in [-0.05, 0) is 254 Å². The molecule has 4 spiro atoms. The Bertz CT molecular complexity index is 1930. The van der Waals surface area contributed by atoms with E-state index in [4.69, 9.17) is 9.53 Å². The van der Waals surface area contributed by atoms with E-state index < -0.39 is 0 Å². The highest BCUT2D eigenvalue weighted by Crippen LogP contribution is 2.90. The molecular formula is C63H114N4O4. The van der Waals surface area contributed by atoms with Crippen LogP contribution in [0.1, 0.15) is 213 Å². The molecule has 10 fully saturated rings. The first-order valence-corrected chi connectivity index (χ1v) is 28.8. The molecule has 10 aliphatic carbocycles. The summed E-state index contributed by atoms with van der Waals surface area (Å²) in [6.07, 6.45) is 26.2. The van der Waals surface area contributed by atoms with E-state index in [0.717, 1.165) is 36.0 Å². The van der Waals surface area contributed by atoms with Crippen LogP contribution in [0.2, 0.25) is 0 Å². The van der Waals surface area contributed by atoms with Crippen LogP contribution in [-0.4, -0.2) is 113 Å². The van der Waals surface area contributed by atoms with Crippen molar-refractivity contribution in [1.82, 2.24) is 20.0 Å². The third-order valence-corrected chi connectivity index (χ3v) is 27.3. The summed E-state index contributed by atoms with van der Waals surface area (Å²) >= 11 is 0. The fourth-order valence-electron chi connectivity index (χ4n) is 23.1. The minimum Gasteiger partial charge on any atom is -0.377 e. The maximum Gasteiger partial charge on any atom is 0.223 e. The first-order valence-electron chi connectivity index (χ1n) is 28.8. The first-order chi connectivity index (χ1) is 32.2. The Labute approximate surface area is 438 Å². The minimum atomic E-state index is 0. The summed E-state index contributed by atoms with van der Waals surface area (Å²) in [7, 11) is 14.9. The number of nitrogens with one attached hydrogen (secondary N) is 1. The summed E-state index contributed by atoms with van der Waals surface area (Å²) in [5.74, 6) is 5.31. The van der Waals surface area contributed by atoms with Crippen molar-refractivity contribution in [2.75, 3.05) is 56.0 Å². The molecule has 10 rings (SSSR count). The smallest absolute Gasteiger partial charge is 0.223 e. The van der Waals surface area contributed by atoms with Gasteiger partial charge in [-0.1, -0.05) is 70.2 Å². The third-order valence-electron chi connectivity index (χ3n) is 27.3. The maximum absolute atomic E-state index is 13.2. The second-order valence-corrected chi connectivity index (χ2v) is 29.3. The second kappa shape index (κ2) is 19.6. The molecule has 0 aromatic rings. The Morgan fingerprint density at radius 1 is 0.549 bits per heavy atom. The summed E-state index contributed by atoms with van der Waals surface area (Å²) in [4.78, 5) is 40.1. The van der Waals surface area contributed by atoms with Crippen LogP contribution in [-0.2, 0) is 19.1 Å². The monoisotopic (exact) mass is 991 g/mol. The highest BCUT2D eigenvalue weighted by atomic mass is 16.5. The van der Waals surface area contributed by atoms with Crippen LogP contribution in [0.5, 0.6) is 0 Å². The SMILES string of the molecule is C.C.C=O.CN[C@H]1CC[C@]23C[C@]24CC[C@]2(C)[C@@H]([C@H](C)N(C)C)CC[C@@]2(C)[C@@H]4CC[C@H]3C1(C)C.COCC(=O)CCC(=O)N(C)C1CC[C@]23C[C@]24CC[C@]2(C)[C@@H]([C@H](C)N(C)C)CC[C@@]2(C)[C@@H]4CC[C@H]3C1(C)C. The minimum absolute atomic E-state index is 0. The zero-order chi connectivity index (χ0) is 50.9. The van der Waals surface area contributed by atoms with Gasteiger partial charge >= 0.3 is 0 Å². The van der Waals surface area contributed by atoms with Gasteiger partial charge in [0.2, 0.25) is 5.91 Å². The fraction of sp³-hybridized carbons (Fsp3) is 0.952. The number of amides is 1. The van der Waals surface area contributed by atoms with Crippen molar-refractivity contribution in [3.05, 3.63) is 0 Å². The molecule has 0 saturated heterocycles. The first kappa shape index (κ1) is 58.9. The van der Waals surface area contributed by atoms with Gasteiger partial charge in [-0.15, -0.1) is 0 Å². The number of Topliss-reactive ketones (excluding diaryl/α,β-unsaturated/α-hetero) is 1. The highest BCUT2D eigenvalue weighted by molar-refractivity contribution is 5.85. The molecule has 1 unspecified atom stereocenters. The summed E-state index contributed by atoms with van der Waals surface area (Å²) in [6, 6.07) is 2.34. The third kappa shape index (κ3) is 7.89. The summed E-state index contributed by atoms with van der Waals surface area (Å²) in [5.41, 5.74) is 5.01. The topological polar surface area (TPSA) is 82.2 Å². The number of ether oxygens (including phenoxy) is 1. The van der Waals surface area contributed by atoms with E-state index in [9.17, 15) is 9.59 Å². The molecule has 0 aromatic carbocycles. The molecule has 8 nitrogen and oxygen atoms in total. The molecule has 10 saturated carbocycles. The van der Waals surface area contributed by atoms with Crippen LogP contribution in [0.4, 0.5) is 0 Å². The molecule has 1 amide bonds. The van der Waals surface area contributed by atoms with Crippen LogP contribution in [0.15, 0.2) is 0 Å². The predicted molar refractivity (Wildman–Crippen MR) is 296 cm³/mol. The molecule has 0 heterocycles. The number of fused-ring (bicyclic) bond motifs is 4. The molecule has 1 N–H and O–H groups in total. The number of nitrogens with zero attached hydrogens (tertiary/aromatic N) is 3. The average Bonchev–Trinajstić information content (AvgIpc) is 4.10. The molecule has 18 atom stereocenters. The van der Waals surface area contributed by atoms with Gasteiger partial charge in [-0.25, -0.2) is 0 Å². The van der Waals surface area contributed by atoms with E-state index in [1.807, 2.05) is 18.7 Å². The molecule has 0 aromatic heterocycles.